The summed E-state index contributed by atoms with van der Waals surface area (Å²) in [5.74, 6) is 0.566. The molecule has 2 aromatic carbocycles. The number of aromatic nitrogens is 1. The fourth-order valence-corrected chi connectivity index (χ4v) is 3.58. The quantitative estimate of drug-likeness (QED) is 0.385. The van der Waals surface area contributed by atoms with Crippen LogP contribution in [0.4, 0.5) is 0 Å². The monoisotopic (exact) mass is 429 g/mol. The molecule has 0 radical (unpaired) electrons. The number of carbonyl (C=O) groups is 1. The van der Waals surface area contributed by atoms with Gasteiger partial charge in [0.2, 0.25) is 0 Å². The van der Waals surface area contributed by atoms with Crippen molar-refractivity contribution >= 4 is 32.8 Å². The molecule has 1 N–H and O–H groups in total. The van der Waals surface area contributed by atoms with Crippen molar-refractivity contribution in [2.45, 2.75) is 33.6 Å². The number of halogens is 1. The Labute approximate surface area is 168 Å². The number of aryl methyl sites for hydroxylation is 3. The van der Waals surface area contributed by atoms with E-state index in [9.17, 15) is 4.79 Å². The first-order chi connectivity index (χ1) is 13.0. The van der Waals surface area contributed by atoms with Crippen LogP contribution < -0.4 is 4.74 Å². The lowest BCUT2D eigenvalue weighted by Gasteiger charge is -2.09. The maximum atomic E-state index is 12.4. The number of para-hydroxylation sites is 1. The van der Waals surface area contributed by atoms with Crippen LogP contribution >= 0.6 is 15.9 Å². The normalized spacial score (nSPS) is 11.0. The Balaban J connectivity index is 1.75. The minimum atomic E-state index is -0.314. The number of carbonyl (C=O) groups excluding carboxylic acids is 1. The molecule has 0 saturated heterocycles. The van der Waals surface area contributed by atoms with Crippen molar-refractivity contribution in [1.29, 1.82) is 0 Å². The maximum Gasteiger partial charge on any atom is 0.355 e. The summed E-state index contributed by atoms with van der Waals surface area (Å²) < 4.78 is 12.0. The number of hydrogen-bond acceptors (Lipinski definition) is 3. The van der Waals surface area contributed by atoms with E-state index in [0.717, 1.165) is 39.5 Å². The molecular formula is C22H24BrNO3. The lowest BCUT2D eigenvalue weighted by Crippen LogP contribution is -2.09. The Bertz CT molecular complexity index is 962. The van der Waals surface area contributed by atoms with Crippen molar-refractivity contribution in [1.82, 2.24) is 4.98 Å². The Morgan fingerprint density at radius 2 is 1.96 bits per heavy atom. The maximum absolute atomic E-state index is 12.4. The second-order valence-corrected chi connectivity index (χ2v) is 7.41. The molecule has 1 aromatic heterocycles. The molecule has 0 aliphatic heterocycles. The van der Waals surface area contributed by atoms with Gasteiger partial charge < -0.3 is 14.5 Å². The molecule has 0 atom stereocenters. The SMILES string of the molecule is CCOC(=O)c1[nH]c2c(Br)cccc2c1CCCOc1ccc(C)c(C)c1. The van der Waals surface area contributed by atoms with Gasteiger partial charge >= 0.3 is 5.97 Å². The van der Waals surface area contributed by atoms with Crippen molar-refractivity contribution in [2.75, 3.05) is 13.2 Å². The van der Waals surface area contributed by atoms with Gasteiger partial charge in [-0.25, -0.2) is 4.79 Å². The standard InChI is InChI=1S/C22H24BrNO3/c1-4-26-22(25)21-18(17-7-5-9-19(23)20(17)24-21)8-6-12-27-16-11-10-14(2)15(3)13-16/h5,7,9-11,13,24H,4,6,8,12H2,1-3H3. The molecule has 5 heteroatoms. The van der Waals surface area contributed by atoms with Crippen molar-refractivity contribution in [3.8, 4) is 5.75 Å². The first-order valence-electron chi connectivity index (χ1n) is 9.17. The van der Waals surface area contributed by atoms with Crippen LogP contribution in [0.3, 0.4) is 0 Å². The molecule has 0 spiro atoms. The fourth-order valence-electron chi connectivity index (χ4n) is 3.12. The fraction of sp³-hybridized carbons (Fsp3) is 0.318. The number of benzene rings is 2. The lowest BCUT2D eigenvalue weighted by molar-refractivity contribution is 0.0519. The van der Waals surface area contributed by atoms with Gasteiger partial charge in [-0.1, -0.05) is 18.2 Å². The van der Waals surface area contributed by atoms with Crippen LogP contribution in [-0.2, 0) is 11.2 Å². The summed E-state index contributed by atoms with van der Waals surface area (Å²) in [6.45, 7) is 6.92. The molecule has 0 unspecified atom stereocenters. The number of rotatable bonds is 7. The van der Waals surface area contributed by atoms with Gasteiger partial charge in [0.1, 0.15) is 11.4 Å². The van der Waals surface area contributed by atoms with E-state index < -0.39 is 0 Å². The van der Waals surface area contributed by atoms with Crippen molar-refractivity contribution in [3.05, 3.63) is 63.3 Å². The van der Waals surface area contributed by atoms with Gasteiger partial charge in [-0.05, 0) is 84.4 Å². The van der Waals surface area contributed by atoms with Gasteiger partial charge in [0.05, 0.1) is 18.7 Å². The number of ether oxygens (including phenoxy) is 2. The molecule has 3 aromatic rings. The summed E-state index contributed by atoms with van der Waals surface area (Å²) in [7, 11) is 0. The molecule has 4 nitrogen and oxygen atoms in total. The summed E-state index contributed by atoms with van der Waals surface area (Å²) in [5.41, 5.74) is 4.91. The number of esters is 1. The highest BCUT2D eigenvalue weighted by molar-refractivity contribution is 9.10. The van der Waals surface area contributed by atoms with Crippen LogP contribution in [-0.4, -0.2) is 24.2 Å². The van der Waals surface area contributed by atoms with Gasteiger partial charge in [-0.2, -0.15) is 0 Å². The number of H-pyrrole nitrogens is 1. The topological polar surface area (TPSA) is 51.3 Å². The molecule has 0 aliphatic rings. The Hall–Kier alpha value is -2.27. The van der Waals surface area contributed by atoms with Crippen LogP contribution in [0.5, 0.6) is 5.75 Å². The van der Waals surface area contributed by atoms with Crippen molar-refractivity contribution < 1.29 is 14.3 Å². The van der Waals surface area contributed by atoms with Crippen LogP contribution in [0, 0.1) is 13.8 Å². The summed E-state index contributed by atoms with van der Waals surface area (Å²) in [5, 5.41) is 1.04. The van der Waals surface area contributed by atoms with Gasteiger partial charge in [0, 0.05) is 9.86 Å². The van der Waals surface area contributed by atoms with Crippen LogP contribution in [0.1, 0.15) is 40.5 Å². The third kappa shape index (κ3) is 4.35. The van der Waals surface area contributed by atoms with Gasteiger partial charge in [0.25, 0.3) is 0 Å². The van der Waals surface area contributed by atoms with Crippen LogP contribution in [0.2, 0.25) is 0 Å². The number of aromatic amines is 1. The second-order valence-electron chi connectivity index (χ2n) is 6.56. The molecule has 1 heterocycles. The smallest absolute Gasteiger partial charge is 0.355 e. The predicted octanol–water partition coefficient (Wildman–Crippen LogP) is 5.74. The summed E-state index contributed by atoms with van der Waals surface area (Å²) in [6.07, 6.45) is 1.54. The highest BCUT2D eigenvalue weighted by atomic mass is 79.9. The first-order valence-corrected chi connectivity index (χ1v) is 9.96. The molecule has 0 amide bonds. The zero-order chi connectivity index (χ0) is 19.4. The van der Waals surface area contributed by atoms with E-state index in [1.165, 1.54) is 11.1 Å². The minimum Gasteiger partial charge on any atom is -0.494 e. The molecule has 3 rings (SSSR count). The molecule has 27 heavy (non-hydrogen) atoms. The number of fused-ring (bicyclic) bond motifs is 1. The predicted molar refractivity (Wildman–Crippen MR) is 112 cm³/mol. The molecule has 0 fully saturated rings. The third-order valence-corrected chi connectivity index (χ3v) is 5.35. The Kier molecular flexibility index (Phi) is 6.22. The summed E-state index contributed by atoms with van der Waals surface area (Å²) in [6, 6.07) is 12.1. The highest BCUT2D eigenvalue weighted by Gasteiger charge is 2.19. The van der Waals surface area contributed by atoms with E-state index in [2.05, 4.69) is 46.9 Å². The van der Waals surface area contributed by atoms with E-state index in [-0.39, 0.29) is 5.97 Å². The zero-order valence-corrected chi connectivity index (χ0v) is 17.5. The van der Waals surface area contributed by atoms with Crippen molar-refractivity contribution in [3.63, 3.8) is 0 Å². The average Bonchev–Trinajstić information content (AvgIpc) is 3.02. The van der Waals surface area contributed by atoms with Crippen LogP contribution in [0.25, 0.3) is 10.9 Å². The highest BCUT2D eigenvalue weighted by Crippen LogP contribution is 2.30. The first kappa shape index (κ1) is 19.5. The lowest BCUT2D eigenvalue weighted by atomic mass is 10.1. The van der Waals surface area contributed by atoms with E-state index in [1.54, 1.807) is 0 Å². The average molecular weight is 430 g/mol. The van der Waals surface area contributed by atoms with E-state index in [1.807, 2.05) is 31.2 Å². The van der Waals surface area contributed by atoms with Gasteiger partial charge in [-0.3, -0.25) is 0 Å². The molecule has 0 aliphatic carbocycles. The van der Waals surface area contributed by atoms with E-state index >= 15 is 0 Å². The zero-order valence-electron chi connectivity index (χ0n) is 15.9. The van der Waals surface area contributed by atoms with Gasteiger partial charge in [0.15, 0.2) is 0 Å². The molecule has 0 saturated carbocycles. The Morgan fingerprint density at radius 1 is 1.15 bits per heavy atom. The number of nitrogens with one attached hydrogen (secondary N) is 1. The molecule has 0 bridgehead atoms. The summed E-state index contributed by atoms with van der Waals surface area (Å²) in [4.78, 5) is 15.6. The van der Waals surface area contributed by atoms with Gasteiger partial charge in [-0.15, -0.1) is 0 Å². The molecule has 142 valence electrons. The Morgan fingerprint density at radius 3 is 2.70 bits per heavy atom. The minimum absolute atomic E-state index is 0.314. The largest absolute Gasteiger partial charge is 0.494 e. The summed E-state index contributed by atoms with van der Waals surface area (Å²) >= 11 is 3.55. The van der Waals surface area contributed by atoms with Crippen molar-refractivity contribution in [2.24, 2.45) is 0 Å². The second kappa shape index (κ2) is 8.61. The number of hydrogen-bond donors (Lipinski definition) is 1. The van der Waals surface area contributed by atoms with E-state index in [4.69, 9.17) is 9.47 Å². The molecular weight excluding hydrogens is 406 g/mol. The van der Waals surface area contributed by atoms with Crippen LogP contribution in [0.15, 0.2) is 40.9 Å². The van der Waals surface area contributed by atoms with E-state index in [0.29, 0.717) is 18.9 Å². The third-order valence-electron chi connectivity index (χ3n) is 4.69.